The van der Waals surface area contributed by atoms with Gasteiger partial charge in [-0.1, -0.05) is 237 Å². The summed E-state index contributed by atoms with van der Waals surface area (Å²) in [6.45, 7) is 5.26. The molecule has 10 atom stereocenters. The van der Waals surface area contributed by atoms with Crippen molar-refractivity contribution in [3.63, 3.8) is 0 Å². The molecule has 0 saturated carbocycles. The number of unbranched alkanes of at least 4 members (excludes halogenated alkanes) is 3. The molecule has 2 fully saturated rings. The Hall–Kier alpha value is -7.57. The van der Waals surface area contributed by atoms with E-state index in [-0.39, 0.29) is 45.7 Å². The monoisotopic (exact) mass is 1220 g/mol. The van der Waals surface area contributed by atoms with E-state index < -0.39 is 61.4 Å². The highest BCUT2D eigenvalue weighted by Crippen LogP contribution is 2.38. The van der Waals surface area contributed by atoms with Crippen molar-refractivity contribution in [3.8, 4) is 5.75 Å². The molecule has 0 aliphatic carbocycles. The standard InChI is InChI=1S/C76H85NO13/c1-57(82-50-60-32-16-7-17-33-60)68-70(83-51-61-34-18-8-19-35-61)73(86-54-65-42-44-66(79-2)45-43-65)75(89-68)90-69-67(56-80-49-59-30-14-6-15-31-59)88-74(72(85-53-63-38-22-10-23-39-63)71(69)84-52-62-36-20-9-21-37-62)81-47-27-4-3-26-46-77(48-58-28-12-5-13-29-58)76(78)87-55-64-40-24-11-25-41-64/h5-25,28-45,57,67-75H,3-4,26-27,46-56H2,1-2H3/t57-,67-,68+,69+,70+,71+,72-,73-,74-,75-/m1/s1. The van der Waals surface area contributed by atoms with Crippen LogP contribution in [-0.2, 0) is 105 Å². The zero-order valence-electron chi connectivity index (χ0n) is 51.7. The predicted molar refractivity (Wildman–Crippen MR) is 344 cm³/mol. The number of rotatable bonds is 35. The number of carbonyl (C=O) groups excluding carboxylic acids is 1. The minimum absolute atomic E-state index is 0.0985. The molecule has 10 rings (SSSR count). The van der Waals surface area contributed by atoms with Gasteiger partial charge in [-0.2, -0.15) is 0 Å². The summed E-state index contributed by atoms with van der Waals surface area (Å²) >= 11 is 0. The van der Waals surface area contributed by atoms with E-state index in [1.807, 2.05) is 244 Å². The van der Waals surface area contributed by atoms with Gasteiger partial charge in [0.1, 0.15) is 55.1 Å². The second-order valence-electron chi connectivity index (χ2n) is 22.8. The maximum Gasteiger partial charge on any atom is 0.410 e. The lowest BCUT2D eigenvalue weighted by molar-refractivity contribution is -0.347. The van der Waals surface area contributed by atoms with Crippen LogP contribution in [0.3, 0.4) is 0 Å². The van der Waals surface area contributed by atoms with Crippen LogP contribution in [0.4, 0.5) is 4.79 Å². The number of carbonyl (C=O) groups is 1. The molecule has 1 amide bonds. The van der Waals surface area contributed by atoms with Gasteiger partial charge in [-0.15, -0.1) is 0 Å². The fourth-order valence-electron chi connectivity index (χ4n) is 11.1. The van der Waals surface area contributed by atoms with Crippen molar-refractivity contribution in [1.29, 1.82) is 0 Å². The molecule has 8 aromatic carbocycles. The van der Waals surface area contributed by atoms with Crippen molar-refractivity contribution in [2.45, 2.75) is 147 Å². The summed E-state index contributed by atoms with van der Waals surface area (Å²) in [7, 11) is 1.65. The van der Waals surface area contributed by atoms with Gasteiger partial charge >= 0.3 is 6.09 Å². The normalized spacial score (nSPS) is 20.9. The fraction of sp³-hybridized carbons (Fsp3) is 0.355. The van der Waals surface area contributed by atoms with Crippen molar-refractivity contribution in [3.05, 3.63) is 281 Å². The van der Waals surface area contributed by atoms with Crippen LogP contribution in [0.2, 0.25) is 0 Å². The second-order valence-corrected chi connectivity index (χ2v) is 22.8. The lowest BCUT2D eigenvalue weighted by Crippen LogP contribution is -2.63. The molecule has 472 valence electrons. The average Bonchev–Trinajstić information content (AvgIpc) is 1.53. The van der Waals surface area contributed by atoms with Gasteiger partial charge in [0.2, 0.25) is 0 Å². The number of hydrogen-bond acceptors (Lipinski definition) is 13. The Balaban J connectivity index is 0.927. The minimum atomic E-state index is -1.05. The average molecular weight is 1220 g/mol. The molecule has 0 N–H and O–H groups in total. The Morgan fingerprint density at radius 3 is 1.38 bits per heavy atom. The quantitative estimate of drug-likeness (QED) is 0.0350. The summed E-state index contributed by atoms with van der Waals surface area (Å²) in [4.78, 5) is 15.4. The van der Waals surface area contributed by atoms with Crippen molar-refractivity contribution in [2.75, 3.05) is 26.9 Å². The highest BCUT2D eigenvalue weighted by molar-refractivity contribution is 5.67. The van der Waals surface area contributed by atoms with Crippen molar-refractivity contribution in [1.82, 2.24) is 4.90 Å². The van der Waals surface area contributed by atoms with Crippen LogP contribution >= 0.6 is 0 Å². The van der Waals surface area contributed by atoms with Crippen molar-refractivity contribution < 1.29 is 61.6 Å². The zero-order chi connectivity index (χ0) is 61.8. The first-order chi connectivity index (χ1) is 44.4. The van der Waals surface area contributed by atoms with Crippen LogP contribution in [-0.4, -0.2) is 99.3 Å². The number of amides is 1. The molecule has 0 bridgehead atoms. The van der Waals surface area contributed by atoms with Crippen LogP contribution in [0.5, 0.6) is 5.75 Å². The summed E-state index contributed by atoms with van der Waals surface area (Å²) in [6, 6.07) is 77.9. The number of hydrogen-bond donors (Lipinski definition) is 0. The summed E-state index contributed by atoms with van der Waals surface area (Å²) in [5, 5.41) is 0. The lowest BCUT2D eigenvalue weighted by Gasteiger charge is -2.46. The van der Waals surface area contributed by atoms with Gasteiger partial charge in [0.25, 0.3) is 0 Å². The van der Waals surface area contributed by atoms with Gasteiger partial charge in [0, 0.05) is 19.7 Å². The summed E-state index contributed by atoms with van der Waals surface area (Å²) < 4.78 is 81.8. The van der Waals surface area contributed by atoms with Gasteiger partial charge in [0.05, 0.1) is 59.5 Å². The van der Waals surface area contributed by atoms with Crippen LogP contribution < -0.4 is 4.74 Å². The zero-order valence-corrected chi connectivity index (χ0v) is 51.7. The molecular formula is C76H85NO13. The van der Waals surface area contributed by atoms with E-state index in [0.29, 0.717) is 39.3 Å². The Bertz CT molecular complexity index is 3230. The Morgan fingerprint density at radius 1 is 0.422 bits per heavy atom. The Morgan fingerprint density at radius 2 is 0.856 bits per heavy atom. The summed E-state index contributed by atoms with van der Waals surface area (Å²) in [6.07, 6.45) is -5.09. The van der Waals surface area contributed by atoms with Gasteiger partial charge in [0.15, 0.2) is 12.6 Å². The maximum absolute atomic E-state index is 13.6. The van der Waals surface area contributed by atoms with E-state index in [0.717, 1.165) is 69.5 Å². The van der Waals surface area contributed by atoms with E-state index in [1.165, 1.54) is 0 Å². The summed E-state index contributed by atoms with van der Waals surface area (Å²) in [5.41, 5.74) is 7.84. The van der Waals surface area contributed by atoms with Crippen LogP contribution in [0.1, 0.15) is 77.1 Å². The smallest absolute Gasteiger partial charge is 0.410 e. The second kappa shape index (κ2) is 35.7. The number of benzene rings is 8. The predicted octanol–water partition coefficient (Wildman–Crippen LogP) is 14.4. The fourth-order valence-corrected chi connectivity index (χ4v) is 11.1. The van der Waals surface area contributed by atoms with Gasteiger partial charge in [-0.05, 0) is 76.4 Å². The highest BCUT2D eigenvalue weighted by Gasteiger charge is 2.55. The summed E-state index contributed by atoms with van der Waals surface area (Å²) in [5.74, 6) is 0.737. The van der Waals surface area contributed by atoms with Gasteiger partial charge in [-0.3, -0.25) is 0 Å². The SMILES string of the molecule is COc1ccc(CO[C@H]2[C@@H](O[C@@H]3[C@H](OCc4ccccc4)[C@@H](OCc4ccccc4)[C@H](OCCCCCCN(Cc4ccccc4)C(=O)OCc4ccccc4)O[C@@H]3COCc3ccccc3)O[C@@H]([C@@H](C)OCc3ccccc3)[C@@H]2OCc2ccccc2)cc1. The van der Waals surface area contributed by atoms with Gasteiger partial charge in [-0.25, -0.2) is 4.79 Å². The maximum atomic E-state index is 13.6. The first-order valence-corrected chi connectivity index (χ1v) is 31.5. The molecule has 14 heteroatoms. The van der Waals surface area contributed by atoms with Crippen LogP contribution in [0.15, 0.2) is 237 Å². The third-order valence-electron chi connectivity index (χ3n) is 16.0. The molecule has 0 aromatic heterocycles. The highest BCUT2D eigenvalue weighted by atomic mass is 16.8. The minimum Gasteiger partial charge on any atom is -0.497 e. The molecule has 0 unspecified atom stereocenters. The van der Waals surface area contributed by atoms with E-state index in [1.54, 1.807) is 12.0 Å². The molecule has 90 heavy (non-hydrogen) atoms. The number of methoxy groups -OCH3 is 1. The molecule has 0 spiro atoms. The molecule has 2 aliphatic heterocycles. The molecule has 2 heterocycles. The van der Waals surface area contributed by atoms with E-state index in [4.69, 9.17) is 56.8 Å². The largest absolute Gasteiger partial charge is 0.497 e. The number of ether oxygens (including phenoxy) is 12. The topological polar surface area (TPSA) is 131 Å². The van der Waals surface area contributed by atoms with Crippen molar-refractivity contribution >= 4 is 6.09 Å². The Labute approximate surface area is 530 Å². The molecule has 0 radical (unpaired) electrons. The molecule has 8 aromatic rings. The van der Waals surface area contributed by atoms with Gasteiger partial charge < -0.3 is 61.7 Å². The molecule has 2 aliphatic rings. The lowest BCUT2D eigenvalue weighted by atomic mass is 9.97. The number of nitrogens with zero attached hydrogens (tertiary/aromatic N) is 1. The van der Waals surface area contributed by atoms with E-state index >= 15 is 0 Å². The van der Waals surface area contributed by atoms with Crippen LogP contribution in [0, 0.1) is 0 Å². The van der Waals surface area contributed by atoms with E-state index in [9.17, 15) is 4.79 Å². The molecular weight excluding hydrogens is 1130 g/mol. The third-order valence-corrected chi connectivity index (χ3v) is 16.0. The first-order valence-electron chi connectivity index (χ1n) is 31.5. The Kier molecular flexibility index (Phi) is 26.0. The van der Waals surface area contributed by atoms with Crippen LogP contribution in [0.25, 0.3) is 0 Å². The first kappa shape index (κ1) is 65.4. The molecule has 14 nitrogen and oxygen atoms in total. The van der Waals surface area contributed by atoms with E-state index in [2.05, 4.69) is 0 Å². The van der Waals surface area contributed by atoms with Crippen molar-refractivity contribution in [2.24, 2.45) is 0 Å². The molecule has 2 saturated heterocycles. The third kappa shape index (κ3) is 20.2.